The van der Waals surface area contributed by atoms with Gasteiger partial charge in [-0.25, -0.2) is 0 Å². The fourth-order valence-corrected chi connectivity index (χ4v) is 7.89. The molecule has 0 fully saturated rings. The smallest absolute Gasteiger partial charge is 0.220 e. The first-order valence-corrected chi connectivity index (χ1v) is 24.2. The van der Waals surface area contributed by atoms with E-state index >= 15 is 0 Å². The average molecular weight is 736 g/mol. The zero-order valence-corrected chi connectivity index (χ0v) is 35.9. The molecular formula is C48H97NO3. The van der Waals surface area contributed by atoms with Crippen molar-refractivity contribution in [2.75, 3.05) is 6.61 Å². The van der Waals surface area contributed by atoms with Gasteiger partial charge in [-0.3, -0.25) is 4.79 Å². The Morgan fingerprint density at radius 2 is 0.615 bits per heavy atom. The van der Waals surface area contributed by atoms with Crippen LogP contribution in [0.3, 0.4) is 0 Å². The summed E-state index contributed by atoms with van der Waals surface area (Å²) in [4.78, 5) is 12.4. The number of nitrogens with one attached hydrogen (secondary N) is 1. The molecule has 0 saturated carbocycles. The molecule has 1 amide bonds. The fourth-order valence-electron chi connectivity index (χ4n) is 7.89. The molecule has 0 spiro atoms. The molecule has 4 heteroatoms. The Morgan fingerprint density at radius 3 is 0.865 bits per heavy atom. The van der Waals surface area contributed by atoms with Gasteiger partial charge in [0, 0.05) is 6.42 Å². The number of carbonyl (C=O) groups is 1. The maximum absolute atomic E-state index is 12.4. The first-order chi connectivity index (χ1) is 25.7. The van der Waals surface area contributed by atoms with Crippen LogP contribution in [0, 0.1) is 0 Å². The van der Waals surface area contributed by atoms with E-state index in [0.29, 0.717) is 12.8 Å². The molecule has 312 valence electrons. The van der Waals surface area contributed by atoms with Crippen LogP contribution in [0.2, 0.25) is 0 Å². The number of unbranched alkanes of at least 4 members (excludes halogenated alkanes) is 38. The van der Waals surface area contributed by atoms with E-state index in [4.69, 9.17) is 0 Å². The molecule has 0 aromatic carbocycles. The minimum atomic E-state index is -0.651. The Kier molecular flexibility index (Phi) is 44.3. The maximum atomic E-state index is 12.4. The van der Waals surface area contributed by atoms with E-state index in [1.807, 2.05) is 0 Å². The lowest BCUT2D eigenvalue weighted by molar-refractivity contribution is -0.123. The summed E-state index contributed by atoms with van der Waals surface area (Å²) in [6, 6.07) is -0.528. The molecule has 0 aromatic rings. The molecule has 0 saturated heterocycles. The van der Waals surface area contributed by atoms with Crippen molar-refractivity contribution in [3.8, 4) is 0 Å². The number of amides is 1. The second-order valence-corrected chi connectivity index (χ2v) is 16.9. The summed E-state index contributed by atoms with van der Waals surface area (Å²) in [5.74, 6) is -0.0265. The van der Waals surface area contributed by atoms with Gasteiger partial charge in [-0.1, -0.05) is 264 Å². The van der Waals surface area contributed by atoms with Crippen LogP contribution in [0.5, 0.6) is 0 Å². The molecule has 0 radical (unpaired) electrons. The van der Waals surface area contributed by atoms with Crippen molar-refractivity contribution in [3.05, 3.63) is 0 Å². The van der Waals surface area contributed by atoms with Crippen LogP contribution in [0.4, 0.5) is 0 Å². The Balaban J connectivity index is 3.34. The van der Waals surface area contributed by atoms with Gasteiger partial charge in [0.15, 0.2) is 0 Å². The normalized spacial score (nSPS) is 12.8. The van der Waals surface area contributed by atoms with Gasteiger partial charge in [-0.05, 0) is 12.8 Å². The van der Waals surface area contributed by atoms with E-state index in [-0.39, 0.29) is 12.5 Å². The van der Waals surface area contributed by atoms with Crippen LogP contribution in [-0.4, -0.2) is 34.9 Å². The Hall–Kier alpha value is -0.610. The highest BCUT2D eigenvalue weighted by molar-refractivity contribution is 5.76. The predicted octanol–water partition coefficient (Wildman–Crippen LogP) is 15.2. The summed E-state index contributed by atoms with van der Waals surface area (Å²) in [6.07, 6.45) is 55.0. The highest BCUT2D eigenvalue weighted by atomic mass is 16.3. The van der Waals surface area contributed by atoms with Crippen LogP contribution in [0.25, 0.3) is 0 Å². The molecule has 0 aliphatic carbocycles. The van der Waals surface area contributed by atoms with Gasteiger partial charge in [0.1, 0.15) is 0 Å². The van der Waals surface area contributed by atoms with Gasteiger partial charge < -0.3 is 15.5 Å². The highest BCUT2D eigenvalue weighted by Gasteiger charge is 2.20. The van der Waals surface area contributed by atoms with Crippen LogP contribution >= 0.6 is 0 Å². The monoisotopic (exact) mass is 736 g/mol. The molecule has 2 atom stereocenters. The topological polar surface area (TPSA) is 69.6 Å². The van der Waals surface area contributed by atoms with Gasteiger partial charge >= 0.3 is 0 Å². The molecule has 0 aliphatic heterocycles. The molecule has 0 aliphatic rings. The van der Waals surface area contributed by atoms with Crippen LogP contribution in [0.1, 0.15) is 284 Å². The van der Waals surface area contributed by atoms with Gasteiger partial charge in [-0.15, -0.1) is 0 Å². The van der Waals surface area contributed by atoms with Gasteiger partial charge in [-0.2, -0.15) is 0 Å². The van der Waals surface area contributed by atoms with E-state index in [1.54, 1.807) is 0 Å². The second kappa shape index (κ2) is 44.8. The molecule has 3 N–H and O–H groups in total. The first kappa shape index (κ1) is 51.4. The largest absolute Gasteiger partial charge is 0.394 e. The summed E-state index contributed by atoms with van der Waals surface area (Å²) in [7, 11) is 0. The van der Waals surface area contributed by atoms with Gasteiger partial charge in [0.05, 0.1) is 18.8 Å². The molecular weight excluding hydrogens is 639 g/mol. The van der Waals surface area contributed by atoms with Crippen molar-refractivity contribution in [2.45, 2.75) is 296 Å². The van der Waals surface area contributed by atoms with Crippen molar-refractivity contribution < 1.29 is 15.0 Å². The lowest BCUT2D eigenvalue weighted by atomic mass is 10.0. The van der Waals surface area contributed by atoms with Crippen LogP contribution in [0.15, 0.2) is 0 Å². The van der Waals surface area contributed by atoms with Crippen molar-refractivity contribution in [3.63, 3.8) is 0 Å². The Bertz CT molecular complexity index is 670. The predicted molar refractivity (Wildman–Crippen MR) is 230 cm³/mol. The van der Waals surface area contributed by atoms with Crippen molar-refractivity contribution in [1.29, 1.82) is 0 Å². The SMILES string of the molecule is CCCCCCCCCCCCCCCCCCCCCCCCCCCCCCCCC(=O)N[C@@H](CO)[C@H](O)CCCCCCCCCCCC. The van der Waals surface area contributed by atoms with E-state index in [1.165, 1.54) is 231 Å². The standard InChI is InChI=1S/C48H97NO3/c1-3-5-7-9-11-13-15-16-17-18-19-20-21-22-23-24-25-26-27-28-29-30-31-32-33-34-36-38-40-42-44-48(52)49-46(45-50)47(51)43-41-39-37-35-14-12-10-8-6-4-2/h46-47,50-51H,3-45H2,1-2H3,(H,49,52)/t46-,47+/m0/s1. The molecule has 0 heterocycles. The third-order valence-electron chi connectivity index (χ3n) is 11.6. The number of hydrogen-bond donors (Lipinski definition) is 3. The number of carbonyl (C=O) groups excluding carboxylic acids is 1. The highest BCUT2D eigenvalue weighted by Crippen LogP contribution is 2.17. The lowest BCUT2D eigenvalue weighted by Gasteiger charge is -2.22. The van der Waals surface area contributed by atoms with Crippen LogP contribution < -0.4 is 5.32 Å². The summed E-state index contributed by atoms with van der Waals surface area (Å²) in [5, 5.41) is 23.1. The second-order valence-electron chi connectivity index (χ2n) is 16.9. The minimum Gasteiger partial charge on any atom is -0.394 e. The van der Waals surface area contributed by atoms with Gasteiger partial charge in [0.2, 0.25) is 5.91 Å². The first-order valence-electron chi connectivity index (χ1n) is 24.2. The Morgan fingerprint density at radius 1 is 0.385 bits per heavy atom. The Labute approximate surface area is 327 Å². The van der Waals surface area contributed by atoms with Gasteiger partial charge in [0.25, 0.3) is 0 Å². The number of aliphatic hydroxyl groups is 2. The molecule has 52 heavy (non-hydrogen) atoms. The number of rotatable bonds is 45. The van der Waals surface area contributed by atoms with E-state index in [2.05, 4.69) is 19.2 Å². The van der Waals surface area contributed by atoms with Crippen LogP contribution in [-0.2, 0) is 4.79 Å². The number of hydrogen-bond acceptors (Lipinski definition) is 3. The van der Waals surface area contributed by atoms with E-state index in [9.17, 15) is 15.0 Å². The molecule has 0 unspecified atom stereocenters. The maximum Gasteiger partial charge on any atom is 0.220 e. The lowest BCUT2D eigenvalue weighted by Crippen LogP contribution is -2.45. The molecule has 0 aromatic heterocycles. The quantitative estimate of drug-likeness (QED) is 0.0545. The molecule has 0 rings (SSSR count). The van der Waals surface area contributed by atoms with E-state index in [0.717, 1.165) is 25.7 Å². The van der Waals surface area contributed by atoms with E-state index < -0.39 is 12.1 Å². The third-order valence-corrected chi connectivity index (χ3v) is 11.6. The summed E-state index contributed by atoms with van der Waals surface area (Å²) in [5.41, 5.74) is 0. The van der Waals surface area contributed by atoms with Crippen molar-refractivity contribution >= 4 is 5.91 Å². The zero-order valence-electron chi connectivity index (χ0n) is 35.9. The molecule has 0 bridgehead atoms. The minimum absolute atomic E-state index is 0.0265. The third kappa shape index (κ3) is 40.6. The van der Waals surface area contributed by atoms with Crippen molar-refractivity contribution in [1.82, 2.24) is 5.32 Å². The summed E-state index contributed by atoms with van der Waals surface area (Å²) >= 11 is 0. The summed E-state index contributed by atoms with van der Waals surface area (Å²) in [6.45, 7) is 4.37. The van der Waals surface area contributed by atoms with Crippen molar-refractivity contribution in [2.24, 2.45) is 0 Å². The average Bonchev–Trinajstić information content (AvgIpc) is 3.15. The summed E-state index contributed by atoms with van der Waals surface area (Å²) < 4.78 is 0. The fraction of sp³-hybridized carbons (Fsp3) is 0.979. The zero-order chi connectivity index (χ0) is 37.8. The number of aliphatic hydroxyl groups excluding tert-OH is 2. The molecule has 4 nitrogen and oxygen atoms in total.